The third-order valence-corrected chi connectivity index (χ3v) is 3.12. The first-order valence-corrected chi connectivity index (χ1v) is 5.14. The summed E-state index contributed by atoms with van der Waals surface area (Å²) in [6.45, 7) is 13.2. The largest absolute Gasteiger partial charge is 0.218 e. The van der Waals surface area contributed by atoms with Crippen LogP contribution in [0.5, 0.6) is 0 Å². The van der Waals surface area contributed by atoms with E-state index in [1.807, 2.05) is 0 Å². The Balaban J connectivity index is 2.96. The van der Waals surface area contributed by atoms with Gasteiger partial charge in [-0.2, -0.15) is 5.06 Å². The molecule has 0 amide bonds. The van der Waals surface area contributed by atoms with Crippen molar-refractivity contribution in [2.75, 3.05) is 0 Å². The molecule has 0 saturated carbocycles. The van der Waals surface area contributed by atoms with Gasteiger partial charge in [0.2, 0.25) is 0 Å². The first kappa shape index (κ1) is 11.0. The Bertz CT molecular complexity index is 186. The maximum Gasteiger partial charge on any atom is 0.122 e. The Morgan fingerprint density at radius 1 is 0.846 bits per heavy atom. The maximum absolute atomic E-state index is 10.1. The molecule has 1 rings (SSSR count). The summed E-state index contributed by atoms with van der Waals surface area (Å²) in [4.78, 5) is 0. The molecular formula is C11H24NO+. The molecule has 0 unspecified atom stereocenters. The normalized spacial score (nSPS) is 31.6. The van der Waals surface area contributed by atoms with Crippen LogP contribution >= 0.6 is 0 Å². The SMILES string of the molecule is CC1(C)CC(C)(C)[NH+](O)C(C)(C)C1. The fourth-order valence-corrected chi connectivity index (χ4v) is 3.54. The molecule has 0 aromatic rings. The molecule has 2 heteroatoms. The summed E-state index contributed by atoms with van der Waals surface area (Å²) < 4.78 is 0. The van der Waals surface area contributed by atoms with Crippen LogP contribution in [0.4, 0.5) is 0 Å². The van der Waals surface area contributed by atoms with Crippen molar-refractivity contribution in [3.8, 4) is 0 Å². The third kappa shape index (κ3) is 2.05. The van der Waals surface area contributed by atoms with Gasteiger partial charge in [0.25, 0.3) is 0 Å². The van der Waals surface area contributed by atoms with E-state index in [9.17, 15) is 5.21 Å². The monoisotopic (exact) mass is 186 g/mol. The maximum atomic E-state index is 10.1. The number of hydrogen-bond acceptors (Lipinski definition) is 1. The molecule has 0 aromatic carbocycles. The van der Waals surface area contributed by atoms with Crippen molar-refractivity contribution in [1.29, 1.82) is 0 Å². The van der Waals surface area contributed by atoms with Crippen LogP contribution in [0.3, 0.4) is 0 Å². The second-order valence-electron chi connectivity index (χ2n) is 6.63. The van der Waals surface area contributed by atoms with Gasteiger partial charge in [-0.15, -0.1) is 0 Å². The van der Waals surface area contributed by atoms with E-state index in [-0.39, 0.29) is 11.1 Å². The Hall–Kier alpha value is -0.0800. The van der Waals surface area contributed by atoms with Crippen molar-refractivity contribution in [2.24, 2.45) is 5.41 Å². The molecule has 13 heavy (non-hydrogen) atoms. The number of hydrogen-bond donors (Lipinski definition) is 2. The Kier molecular flexibility index (Phi) is 2.29. The summed E-state index contributed by atoms with van der Waals surface area (Å²) in [6, 6.07) is 0. The highest BCUT2D eigenvalue weighted by molar-refractivity contribution is 4.89. The first-order valence-electron chi connectivity index (χ1n) is 5.14. The van der Waals surface area contributed by atoms with Gasteiger partial charge < -0.3 is 0 Å². The van der Waals surface area contributed by atoms with Gasteiger partial charge in [-0.25, -0.2) is 5.21 Å². The van der Waals surface area contributed by atoms with Crippen LogP contribution in [0.15, 0.2) is 0 Å². The highest BCUT2D eigenvalue weighted by Gasteiger charge is 2.52. The molecule has 2 nitrogen and oxygen atoms in total. The van der Waals surface area contributed by atoms with E-state index in [2.05, 4.69) is 41.5 Å². The van der Waals surface area contributed by atoms with Crippen LogP contribution in [0.25, 0.3) is 0 Å². The van der Waals surface area contributed by atoms with Crippen LogP contribution in [0, 0.1) is 5.41 Å². The van der Waals surface area contributed by atoms with Gasteiger partial charge in [0.05, 0.1) is 0 Å². The lowest BCUT2D eigenvalue weighted by Gasteiger charge is -2.50. The lowest BCUT2D eigenvalue weighted by molar-refractivity contribution is -1.16. The minimum absolute atomic E-state index is 0.0226. The molecule has 78 valence electrons. The van der Waals surface area contributed by atoms with Gasteiger partial charge in [0.1, 0.15) is 11.1 Å². The van der Waals surface area contributed by atoms with E-state index < -0.39 is 0 Å². The molecule has 1 saturated heterocycles. The number of hydroxylamine groups is 2. The Morgan fingerprint density at radius 2 is 1.15 bits per heavy atom. The van der Waals surface area contributed by atoms with E-state index >= 15 is 0 Å². The van der Waals surface area contributed by atoms with E-state index in [4.69, 9.17) is 0 Å². The summed E-state index contributed by atoms with van der Waals surface area (Å²) >= 11 is 0. The van der Waals surface area contributed by atoms with Gasteiger partial charge in [-0.3, -0.25) is 0 Å². The fraction of sp³-hybridized carbons (Fsp3) is 1.00. The van der Waals surface area contributed by atoms with Crippen molar-refractivity contribution in [3.05, 3.63) is 0 Å². The summed E-state index contributed by atoms with van der Waals surface area (Å²) in [5.74, 6) is 0. The second-order valence-corrected chi connectivity index (χ2v) is 6.63. The van der Waals surface area contributed by atoms with Crippen molar-refractivity contribution in [1.82, 2.24) is 0 Å². The average molecular weight is 186 g/mol. The quantitative estimate of drug-likeness (QED) is 0.590. The molecule has 1 heterocycles. The zero-order valence-electron chi connectivity index (χ0n) is 9.86. The fourth-order valence-electron chi connectivity index (χ4n) is 3.54. The third-order valence-electron chi connectivity index (χ3n) is 3.12. The number of quaternary nitrogens is 1. The van der Waals surface area contributed by atoms with Crippen LogP contribution in [-0.4, -0.2) is 16.3 Å². The molecule has 0 spiro atoms. The van der Waals surface area contributed by atoms with E-state index in [0.29, 0.717) is 10.5 Å². The summed E-state index contributed by atoms with van der Waals surface area (Å²) in [7, 11) is 0. The van der Waals surface area contributed by atoms with E-state index in [0.717, 1.165) is 12.8 Å². The van der Waals surface area contributed by atoms with Gasteiger partial charge in [0, 0.05) is 12.8 Å². The van der Waals surface area contributed by atoms with Gasteiger partial charge >= 0.3 is 0 Å². The van der Waals surface area contributed by atoms with Crippen LogP contribution in [-0.2, 0) is 0 Å². The van der Waals surface area contributed by atoms with Crippen molar-refractivity contribution in [2.45, 2.75) is 65.5 Å². The highest BCUT2D eigenvalue weighted by Crippen LogP contribution is 2.37. The summed E-state index contributed by atoms with van der Waals surface area (Å²) in [5.41, 5.74) is 0.301. The highest BCUT2D eigenvalue weighted by atomic mass is 16.5. The predicted octanol–water partition coefficient (Wildman–Crippen LogP) is 1.64. The molecular weight excluding hydrogens is 162 g/mol. The molecule has 0 aromatic heterocycles. The lowest BCUT2D eigenvalue weighted by atomic mass is 9.67. The Labute approximate surface area is 81.9 Å². The number of piperidine rings is 1. The molecule has 1 aliphatic rings. The standard InChI is InChI=1S/C11H23NO/c1-9(2)7-10(3,4)12(13)11(5,6)8-9/h13H,7-8H2,1-6H3/p+1. The average Bonchev–Trinajstić information content (AvgIpc) is 1.77. The predicted molar refractivity (Wildman–Crippen MR) is 53.9 cm³/mol. The summed E-state index contributed by atoms with van der Waals surface area (Å²) in [5, 5.41) is 10.8. The minimum atomic E-state index is -0.0226. The van der Waals surface area contributed by atoms with Crippen LogP contribution in [0.1, 0.15) is 54.4 Å². The molecule has 0 radical (unpaired) electrons. The minimum Gasteiger partial charge on any atom is -0.218 e. The molecule has 1 fully saturated rings. The molecule has 0 aliphatic carbocycles. The zero-order chi connectivity index (χ0) is 10.5. The van der Waals surface area contributed by atoms with Crippen molar-refractivity contribution < 1.29 is 10.3 Å². The van der Waals surface area contributed by atoms with Gasteiger partial charge in [-0.1, -0.05) is 13.8 Å². The van der Waals surface area contributed by atoms with Gasteiger partial charge in [0.15, 0.2) is 0 Å². The number of rotatable bonds is 0. The zero-order valence-corrected chi connectivity index (χ0v) is 9.86. The molecule has 2 N–H and O–H groups in total. The second kappa shape index (κ2) is 2.71. The van der Waals surface area contributed by atoms with Crippen molar-refractivity contribution in [3.63, 3.8) is 0 Å². The summed E-state index contributed by atoms with van der Waals surface area (Å²) in [6.07, 6.45) is 2.16. The van der Waals surface area contributed by atoms with Crippen LogP contribution in [0.2, 0.25) is 0 Å². The molecule has 1 aliphatic heterocycles. The van der Waals surface area contributed by atoms with Gasteiger partial charge in [-0.05, 0) is 33.1 Å². The van der Waals surface area contributed by atoms with Crippen molar-refractivity contribution >= 4 is 0 Å². The first-order chi connectivity index (χ1) is 5.57. The van der Waals surface area contributed by atoms with E-state index in [1.54, 1.807) is 0 Å². The number of nitrogens with one attached hydrogen (secondary N) is 1. The molecule has 0 atom stereocenters. The van der Waals surface area contributed by atoms with E-state index in [1.165, 1.54) is 0 Å². The topological polar surface area (TPSA) is 24.7 Å². The Morgan fingerprint density at radius 3 is 1.46 bits per heavy atom. The smallest absolute Gasteiger partial charge is 0.122 e. The van der Waals surface area contributed by atoms with Crippen LogP contribution < -0.4 is 5.06 Å². The molecule has 0 bridgehead atoms. The lowest BCUT2D eigenvalue weighted by Crippen LogP contribution is -3.25.